The SMILES string of the molecule is [B]c1c([B])c([B])c(-c2nc(-c3ccc(-c4cccc5ccccc45)cc3)nc(-c3cccc(-c4cccc5c(-c6ccccc6)cccc45)c3)n2)c([B])c1[B]. The summed E-state index contributed by atoms with van der Waals surface area (Å²) in [5, 5.41) is 4.65. The van der Waals surface area contributed by atoms with Crippen molar-refractivity contribution in [2.45, 2.75) is 0 Å². The van der Waals surface area contributed by atoms with Gasteiger partial charge in [-0.3, -0.25) is 0 Å². The molecule has 0 aliphatic carbocycles. The lowest BCUT2D eigenvalue weighted by Gasteiger charge is -2.20. The molecule has 244 valence electrons. The van der Waals surface area contributed by atoms with Gasteiger partial charge in [-0.15, -0.1) is 16.4 Å². The molecule has 9 aromatic rings. The van der Waals surface area contributed by atoms with Crippen LogP contribution in [0.5, 0.6) is 0 Å². The van der Waals surface area contributed by atoms with Crippen LogP contribution in [0.25, 0.3) is 89.1 Å². The van der Waals surface area contributed by atoms with Crippen molar-refractivity contribution in [3.63, 3.8) is 0 Å². The smallest absolute Gasteiger partial charge is 0.164 e. The van der Waals surface area contributed by atoms with E-state index in [1.807, 2.05) is 36.4 Å². The Morgan fingerprint density at radius 2 is 0.709 bits per heavy atom. The van der Waals surface area contributed by atoms with Gasteiger partial charge in [-0.05, 0) is 61.0 Å². The summed E-state index contributed by atoms with van der Waals surface area (Å²) in [6, 6.07) is 54.3. The molecule has 8 heteroatoms. The molecule has 0 amide bonds. The largest absolute Gasteiger partial charge is 0.208 e. The fourth-order valence-corrected chi connectivity index (χ4v) is 7.37. The van der Waals surface area contributed by atoms with Gasteiger partial charge < -0.3 is 0 Å². The van der Waals surface area contributed by atoms with Crippen molar-refractivity contribution in [3.8, 4) is 67.5 Å². The molecule has 3 nitrogen and oxygen atoms in total. The van der Waals surface area contributed by atoms with Crippen LogP contribution in [0, 0.1) is 0 Å². The third kappa shape index (κ3) is 6.18. The Morgan fingerprint density at radius 1 is 0.291 bits per heavy atom. The van der Waals surface area contributed by atoms with Crippen LogP contribution in [0.2, 0.25) is 0 Å². The fraction of sp³-hybridized carbons (Fsp3) is 0. The molecular formula is C47H26B5N3. The van der Waals surface area contributed by atoms with E-state index in [9.17, 15) is 0 Å². The predicted octanol–water partition coefficient (Wildman–Crippen LogP) is 6.15. The molecule has 1 aromatic heterocycles. The van der Waals surface area contributed by atoms with Crippen LogP contribution in [0.3, 0.4) is 0 Å². The van der Waals surface area contributed by atoms with E-state index in [0.29, 0.717) is 17.2 Å². The number of rotatable bonds is 6. The standard InChI is InChI=1S/C47H26B5N3/c48-40-39(41(49)43(51)44(52)42(40)50)47-54-45(30-24-22-29(23-25-30)34-17-7-13-28-12-4-5-16-33(28)34)53-46(55-47)32-15-6-14-31(26-32)36-19-9-20-37-35(18-8-21-38(36)37)27-10-2-1-3-11-27/h1-26H. The summed E-state index contributed by atoms with van der Waals surface area (Å²) < 4.78 is 0. The lowest BCUT2D eigenvalue weighted by Crippen LogP contribution is -2.55. The molecule has 8 aromatic carbocycles. The van der Waals surface area contributed by atoms with Gasteiger partial charge >= 0.3 is 0 Å². The van der Waals surface area contributed by atoms with Crippen LogP contribution < -0.4 is 27.3 Å². The van der Waals surface area contributed by atoms with E-state index < -0.39 is 0 Å². The van der Waals surface area contributed by atoms with Crippen LogP contribution in [0.4, 0.5) is 0 Å². The highest BCUT2D eigenvalue weighted by Gasteiger charge is 2.19. The Hall–Kier alpha value is -6.39. The molecule has 0 fully saturated rings. The predicted molar refractivity (Wildman–Crippen MR) is 234 cm³/mol. The summed E-state index contributed by atoms with van der Waals surface area (Å²) in [5.74, 6) is 1.09. The Kier molecular flexibility index (Phi) is 8.83. The second-order valence-electron chi connectivity index (χ2n) is 13.5. The van der Waals surface area contributed by atoms with Crippen LogP contribution in [-0.2, 0) is 0 Å². The monoisotopic (exact) mass is 687 g/mol. The third-order valence-electron chi connectivity index (χ3n) is 10.2. The summed E-state index contributed by atoms with van der Waals surface area (Å²) in [5.41, 5.74) is 9.17. The summed E-state index contributed by atoms with van der Waals surface area (Å²) >= 11 is 0. The molecule has 9 rings (SSSR count). The third-order valence-corrected chi connectivity index (χ3v) is 10.2. The van der Waals surface area contributed by atoms with Gasteiger partial charge in [-0.2, -0.15) is 0 Å². The van der Waals surface area contributed by atoms with Gasteiger partial charge in [0.2, 0.25) is 0 Å². The molecule has 0 spiro atoms. The number of benzene rings is 8. The topological polar surface area (TPSA) is 38.7 Å². The van der Waals surface area contributed by atoms with Crippen molar-refractivity contribution < 1.29 is 0 Å². The van der Waals surface area contributed by atoms with Crippen molar-refractivity contribution in [3.05, 3.63) is 158 Å². The average Bonchev–Trinajstić information content (AvgIpc) is 3.24. The molecule has 0 atom stereocenters. The van der Waals surface area contributed by atoms with Gasteiger partial charge in [0.15, 0.2) is 17.5 Å². The maximum absolute atomic E-state index is 6.56. The summed E-state index contributed by atoms with van der Waals surface area (Å²) in [6.45, 7) is 0. The van der Waals surface area contributed by atoms with E-state index >= 15 is 0 Å². The average molecular weight is 687 g/mol. The number of fused-ring (bicyclic) bond motifs is 2. The zero-order valence-corrected chi connectivity index (χ0v) is 29.7. The Morgan fingerprint density at radius 3 is 1.40 bits per heavy atom. The van der Waals surface area contributed by atoms with Crippen LogP contribution in [0.1, 0.15) is 0 Å². The minimum atomic E-state index is 0.121. The number of aromatic nitrogens is 3. The van der Waals surface area contributed by atoms with Crippen molar-refractivity contribution in [2.24, 2.45) is 0 Å². The molecule has 10 radical (unpaired) electrons. The van der Waals surface area contributed by atoms with Crippen molar-refractivity contribution in [1.82, 2.24) is 15.0 Å². The number of hydrogen-bond donors (Lipinski definition) is 0. The van der Waals surface area contributed by atoms with Crippen LogP contribution in [-0.4, -0.2) is 54.2 Å². The highest BCUT2D eigenvalue weighted by atomic mass is 15.0. The van der Waals surface area contributed by atoms with E-state index in [1.165, 1.54) is 16.3 Å². The molecule has 0 saturated carbocycles. The quantitative estimate of drug-likeness (QED) is 0.197. The van der Waals surface area contributed by atoms with Crippen LogP contribution >= 0.6 is 0 Å². The molecule has 0 saturated heterocycles. The lowest BCUT2D eigenvalue weighted by atomic mass is 9.60. The van der Waals surface area contributed by atoms with Gasteiger partial charge in [0.05, 0.1) is 0 Å². The molecule has 0 N–H and O–H groups in total. The Labute approximate surface area is 327 Å². The second-order valence-corrected chi connectivity index (χ2v) is 13.5. The molecule has 0 unspecified atom stereocenters. The first kappa shape index (κ1) is 34.4. The first-order valence-electron chi connectivity index (χ1n) is 17.9. The van der Waals surface area contributed by atoms with E-state index in [4.69, 9.17) is 54.2 Å². The van der Waals surface area contributed by atoms with Gasteiger partial charge in [0.1, 0.15) is 39.2 Å². The van der Waals surface area contributed by atoms with E-state index in [0.717, 1.165) is 49.7 Å². The fourth-order valence-electron chi connectivity index (χ4n) is 7.37. The summed E-state index contributed by atoms with van der Waals surface area (Å²) in [7, 11) is 31.9. The summed E-state index contributed by atoms with van der Waals surface area (Å²) in [6.07, 6.45) is 0. The van der Waals surface area contributed by atoms with E-state index in [-0.39, 0.29) is 33.1 Å². The van der Waals surface area contributed by atoms with Gasteiger partial charge in [0.25, 0.3) is 0 Å². The van der Waals surface area contributed by atoms with Crippen molar-refractivity contribution in [2.75, 3.05) is 0 Å². The van der Waals surface area contributed by atoms with Crippen LogP contribution in [0.15, 0.2) is 158 Å². The van der Waals surface area contributed by atoms with E-state index in [2.05, 4.69) is 121 Å². The lowest BCUT2D eigenvalue weighted by molar-refractivity contribution is 1.08. The Bertz CT molecular complexity index is 2900. The molecule has 0 aliphatic heterocycles. The molecule has 0 aliphatic rings. The first-order chi connectivity index (χ1) is 26.9. The Balaban J connectivity index is 1.19. The van der Waals surface area contributed by atoms with Gasteiger partial charge in [-0.25, -0.2) is 15.0 Å². The van der Waals surface area contributed by atoms with Crippen molar-refractivity contribution in [1.29, 1.82) is 0 Å². The summed E-state index contributed by atoms with van der Waals surface area (Å²) in [4.78, 5) is 14.9. The maximum atomic E-state index is 6.56. The molecular weight excluding hydrogens is 661 g/mol. The zero-order chi connectivity index (χ0) is 37.6. The highest BCUT2D eigenvalue weighted by Crippen LogP contribution is 2.36. The number of nitrogens with zero attached hydrogens (tertiary/aromatic N) is 3. The minimum absolute atomic E-state index is 0.121. The minimum Gasteiger partial charge on any atom is -0.208 e. The molecule has 55 heavy (non-hydrogen) atoms. The van der Waals surface area contributed by atoms with Crippen molar-refractivity contribution >= 4 is 88.1 Å². The normalized spacial score (nSPS) is 11.3. The first-order valence-corrected chi connectivity index (χ1v) is 17.9. The maximum Gasteiger partial charge on any atom is 0.164 e. The van der Waals surface area contributed by atoms with Gasteiger partial charge in [0, 0.05) is 16.7 Å². The van der Waals surface area contributed by atoms with Gasteiger partial charge in [-0.1, -0.05) is 163 Å². The number of hydrogen-bond acceptors (Lipinski definition) is 3. The molecule has 1 heterocycles. The second kappa shape index (κ2) is 14.1. The highest BCUT2D eigenvalue weighted by molar-refractivity contribution is 6.68. The van der Waals surface area contributed by atoms with E-state index in [1.54, 1.807) is 0 Å². The molecule has 0 bridgehead atoms. The zero-order valence-electron chi connectivity index (χ0n) is 29.7.